The van der Waals surface area contributed by atoms with E-state index >= 15 is 0 Å². The molecule has 41 heteroatoms. The molecule has 0 unspecified atom stereocenters. The number of esters is 8. The summed E-state index contributed by atoms with van der Waals surface area (Å²) in [5, 5.41) is 50.0. The Morgan fingerprint density at radius 2 is 0.781 bits per heavy atom. The fraction of sp³-hybridized carbons (Fsp3) is 0.671. The number of aliphatic hydroxyl groups excluding tert-OH is 1. The molecule has 2 aliphatic heterocycles. The number of carbonyl (C=O) groups is 18. The molecule has 0 spiro atoms. The summed E-state index contributed by atoms with van der Waals surface area (Å²) in [5.74, 6) is -18.0. The molecular weight excluding hydrogens is 1520 g/mol. The molecule has 1 aromatic rings. The van der Waals surface area contributed by atoms with E-state index in [1.807, 2.05) is 0 Å². The molecule has 8 amide bonds. The van der Waals surface area contributed by atoms with Crippen molar-refractivity contribution in [3.05, 3.63) is 35.9 Å². The summed E-state index contributed by atoms with van der Waals surface area (Å²) in [6.45, 7) is 17.8. The van der Waals surface area contributed by atoms with Gasteiger partial charge in [-0.25, -0.2) is 14.4 Å². The molecule has 114 heavy (non-hydrogen) atoms. The van der Waals surface area contributed by atoms with Gasteiger partial charge in [-0.2, -0.15) is 0 Å². The van der Waals surface area contributed by atoms with Crippen LogP contribution in [-0.2, 0) is 140 Å². The number of aliphatic hydroxyl groups is 1. The largest absolute Gasteiger partial charge is 0.481 e. The molecule has 41 nitrogen and oxygen atoms in total. The van der Waals surface area contributed by atoms with E-state index in [1.54, 1.807) is 51.1 Å². The number of alkyl carbamates (subject to hydrolysis) is 2. The maximum Gasteiger partial charge on any atom is 0.408 e. The van der Waals surface area contributed by atoms with E-state index in [9.17, 15) is 102 Å². The van der Waals surface area contributed by atoms with Crippen molar-refractivity contribution in [1.82, 2.24) is 42.5 Å². The predicted octanol–water partition coefficient (Wildman–Crippen LogP) is -0.255. The number of amides is 8. The third-order valence-electron chi connectivity index (χ3n) is 16.5. The highest BCUT2D eigenvalue weighted by Crippen LogP contribution is 2.34. The Morgan fingerprint density at radius 1 is 0.412 bits per heavy atom. The topological polar surface area (TPSA) is 575 Å². The molecule has 0 bridgehead atoms. The van der Waals surface area contributed by atoms with Crippen molar-refractivity contribution >= 4 is 107 Å². The Bertz CT molecular complexity index is 3550. The van der Waals surface area contributed by atoms with Crippen LogP contribution in [0.2, 0.25) is 0 Å². The molecule has 2 fully saturated rings. The molecule has 0 aromatic heterocycles. The predicted molar refractivity (Wildman–Crippen MR) is 387 cm³/mol. The van der Waals surface area contributed by atoms with Crippen molar-refractivity contribution in [3.8, 4) is 0 Å². The summed E-state index contributed by atoms with van der Waals surface area (Å²) in [5.41, 5.74) is -1.83. The van der Waals surface area contributed by atoms with Crippen LogP contribution in [-0.4, -0.2) is 264 Å². The number of carboxylic acid groups (broad SMARTS) is 2. The molecule has 17 atom stereocenters. The Morgan fingerprint density at radius 3 is 1.17 bits per heavy atom. The first kappa shape index (κ1) is 97.4. The summed E-state index contributed by atoms with van der Waals surface area (Å²) < 4.78 is 66.6. The number of nitrogens with one attached hydrogen (secondary N) is 8. The van der Waals surface area contributed by atoms with E-state index < -0.39 is 267 Å². The third-order valence-corrected chi connectivity index (χ3v) is 16.5. The van der Waals surface area contributed by atoms with Crippen molar-refractivity contribution in [2.24, 2.45) is 5.92 Å². The zero-order valence-corrected chi connectivity index (χ0v) is 66.6. The summed E-state index contributed by atoms with van der Waals surface area (Å²) in [6.07, 6.45) is -20.2. The SMILES string of the molecule is CC(=O)OC[C@H]1O[C@H](CC[C@H](NC(=O)OC(C)(C)C)C(=O)NCCCC[C@H](NC(=O)[C@@H](NC(=O)[C@H](CC(=O)O)NC(=O)[C@H](CO)NC(=O)[C@H](Cc2ccccc2)NC(=O)[C@H](CC[C@H]2O[C@H](COC(C)=O)[C@@H](OC(C)=O)[C@H](OC(C)=O)[C@@H]2OC(C)=O)NC(=O)OC(C)(C)C)C(C)C)C(=O)O)[C@@H](OC(C)=O)[C@@H](OC(C)=O)[C@@H]1OC(C)=O. The number of hydrogen-bond acceptors (Lipinski definition) is 31. The van der Waals surface area contributed by atoms with Gasteiger partial charge in [0.2, 0.25) is 35.4 Å². The lowest BCUT2D eigenvalue weighted by molar-refractivity contribution is -0.253. The molecular formula is C73H108N8O33. The van der Waals surface area contributed by atoms with Gasteiger partial charge in [0.15, 0.2) is 36.6 Å². The second kappa shape index (κ2) is 46.4. The first-order valence-electron chi connectivity index (χ1n) is 36.6. The van der Waals surface area contributed by atoms with Gasteiger partial charge in [0, 0.05) is 68.4 Å². The van der Waals surface area contributed by atoms with E-state index in [0.717, 1.165) is 55.4 Å². The molecule has 0 aliphatic carbocycles. The number of ether oxygens (including phenoxy) is 12. The molecule has 0 radical (unpaired) electrons. The number of carboxylic acids is 2. The van der Waals surface area contributed by atoms with Crippen molar-refractivity contribution < 1.29 is 158 Å². The average molecular weight is 1630 g/mol. The summed E-state index contributed by atoms with van der Waals surface area (Å²) in [4.78, 5) is 236. The second-order valence-electron chi connectivity index (χ2n) is 29.1. The number of rotatable bonds is 41. The number of benzene rings is 1. The Kier molecular flexibility index (Phi) is 39.6. The first-order valence-corrected chi connectivity index (χ1v) is 36.6. The minimum absolute atomic E-state index is 0.0188. The van der Waals surface area contributed by atoms with Gasteiger partial charge < -0.3 is 115 Å². The van der Waals surface area contributed by atoms with Gasteiger partial charge >= 0.3 is 71.9 Å². The van der Waals surface area contributed by atoms with E-state index in [1.165, 1.54) is 34.6 Å². The number of carbonyl (C=O) groups excluding carboxylic acids is 16. The van der Waals surface area contributed by atoms with Crippen LogP contribution in [0, 0.1) is 5.92 Å². The van der Waals surface area contributed by atoms with Gasteiger partial charge in [-0.1, -0.05) is 44.2 Å². The first-order chi connectivity index (χ1) is 53.1. The Labute approximate surface area is 657 Å². The fourth-order valence-electron chi connectivity index (χ4n) is 11.8. The monoisotopic (exact) mass is 1620 g/mol. The molecule has 2 saturated heterocycles. The Hall–Kier alpha value is -10.8. The van der Waals surface area contributed by atoms with Gasteiger partial charge in [0.25, 0.3) is 0 Å². The lowest BCUT2D eigenvalue weighted by Crippen LogP contribution is -2.62. The molecule has 2 heterocycles. The van der Waals surface area contributed by atoms with Gasteiger partial charge in [-0.15, -0.1) is 0 Å². The van der Waals surface area contributed by atoms with Crippen molar-refractivity contribution in [2.75, 3.05) is 26.4 Å². The molecule has 0 saturated carbocycles. The maximum atomic E-state index is 14.7. The number of aliphatic carboxylic acids is 2. The van der Waals surface area contributed by atoms with Crippen LogP contribution in [0.5, 0.6) is 0 Å². The summed E-state index contributed by atoms with van der Waals surface area (Å²) in [7, 11) is 0. The average Bonchev–Trinajstić information content (AvgIpc) is 0.788. The zero-order chi connectivity index (χ0) is 86.2. The van der Waals surface area contributed by atoms with Gasteiger partial charge in [0.1, 0.15) is 78.9 Å². The lowest BCUT2D eigenvalue weighted by Gasteiger charge is -2.44. The van der Waals surface area contributed by atoms with Crippen LogP contribution in [0.4, 0.5) is 9.59 Å². The lowest BCUT2D eigenvalue weighted by atomic mass is 9.90. The van der Waals surface area contributed by atoms with E-state index in [0.29, 0.717) is 5.56 Å². The smallest absolute Gasteiger partial charge is 0.408 e. The molecule has 1 aromatic carbocycles. The van der Waals surface area contributed by atoms with Crippen LogP contribution < -0.4 is 42.5 Å². The zero-order valence-electron chi connectivity index (χ0n) is 66.6. The van der Waals surface area contributed by atoms with Crippen LogP contribution in [0.1, 0.15) is 168 Å². The number of unbranched alkanes of at least 4 members (excludes halogenated alkanes) is 1. The van der Waals surface area contributed by atoms with Crippen molar-refractivity contribution in [3.63, 3.8) is 0 Å². The van der Waals surface area contributed by atoms with Gasteiger partial charge in [0.05, 0.1) is 25.2 Å². The molecule has 11 N–H and O–H groups in total. The maximum absolute atomic E-state index is 14.7. The van der Waals surface area contributed by atoms with E-state index in [4.69, 9.17) is 56.8 Å². The van der Waals surface area contributed by atoms with Crippen molar-refractivity contribution in [2.45, 2.75) is 283 Å². The minimum atomic E-state index is -2.08. The minimum Gasteiger partial charge on any atom is -0.481 e. The highest BCUT2D eigenvalue weighted by molar-refractivity contribution is 5.98. The van der Waals surface area contributed by atoms with Gasteiger partial charge in [-0.3, -0.25) is 71.9 Å². The van der Waals surface area contributed by atoms with Crippen molar-refractivity contribution in [1.29, 1.82) is 0 Å². The third kappa shape index (κ3) is 35.5. The molecule has 3 rings (SSSR count). The molecule has 2 aliphatic rings. The van der Waals surface area contributed by atoms with E-state index in [2.05, 4.69) is 42.5 Å². The van der Waals surface area contributed by atoms with Crippen LogP contribution >= 0.6 is 0 Å². The van der Waals surface area contributed by atoms with Gasteiger partial charge in [-0.05, 0) is 98.0 Å². The standard InChI is InChI=1S/C73H108N8O33/c1-35(2)56(68(98)75-47(69(99)100)24-20-21-29-74-63(93)45(79-70(101)113-72(11,12)13)25-27-51-57(105-38(5)85)61(109-42(9)89)59(107-40(7)87)53(111-51)33-103-36(3)83)81-66(96)49(31-55(91)92)77-67(97)50(32-82)78-65(95)48(30-44-22-18-17-19-23-44)76-64(94)46(80-71(102)114-73(14,15)16)26-28-52-58(106-39(6)86)62(110-43(10)90)60(108-41(8)88)54(112-52)34-104-37(4)84/h17-19,22-23,35,45-54,56-62,82H,20-21,24-34H2,1-16H3,(H,74,93)(H,75,98)(H,76,94)(H,77,97)(H,78,95)(H,79,101)(H,80,102)(H,81,96)(H,91,92)(H,99,100)/t45-,46-,47-,48-,49-,50-,51+,52+,53+,54+,56-,57+,58+,59+,60+,61+,62+/m0/s1. The number of hydrogen-bond donors (Lipinski definition) is 11. The molecule has 638 valence electrons. The summed E-state index contributed by atoms with van der Waals surface area (Å²) >= 11 is 0. The highest BCUT2D eigenvalue weighted by atomic mass is 16.7. The second-order valence-corrected chi connectivity index (χ2v) is 29.1. The van der Waals surface area contributed by atoms with Crippen LogP contribution in [0.25, 0.3) is 0 Å². The van der Waals surface area contributed by atoms with Crippen LogP contribution in [0.15, 0.2) is 30.3 Å². The quantitative estimate of drug-likeness (QED) is 0.0229. The fourth-order valence-corrected chi connectivity index (χ4v) is 11.8. The summed E-state index contributed by atoms with van der Waals surface area (Å²) in [6, 6.07) is -4.38. The van der Waals surface area contributed by atoms with E-state index in [-0.39, 0.29) is 45.1 Å². The normalized spacial score (nSPS) is 21.1. The highest BCUT2D eigenvalue weighted by Gasteiger charge is 2.54. The Balaban J connectivity index is 1.87. The van der Waals surface area contributed by atoms with Crippen LogP contribution in [0.3, 0.4) is 0 Å².